The third-order valence-corrected chi connectivity index (χ3v) is 7.67. The molecule has 7 nitrogen and oxygen atoms in total. The molecule has 3 aliphatic rings. The second kappa shape index (κ2) is 9.17. The number of amides is 1. The molecule has 2 aliphatic carbocycles. The van der Waals surface area contributed by atoms with Crippen molar-refractivity contribution in [1.29, 1.82) is 0 Å². The molecule has 3 unspecified atom stereocenters. The highest BCUT2D eigenvalue weighted by Gasteiger charge is 2.49. The van der Waals surface area contributed by atoms with E-state index in [1.807, 2.05) is 19.1 Å². The van der Waals surface area contributed by atoms with Gasteiger partial charge in [-0.15, -0.1) is 0 Å². The number of nitrogens with zero attached hydrogens (tertiary/aromatic N) is 1. The monoisotopic (exact) mass is 430 g/mol. The fourth-order valence-electron chi connectivity index (χ4n) is 5.85. The molecule has 0 aromatic heterocycles. The molecule has 1 aliphatic heterocycles. The van der Waals surface area contributed by atoms with E-state index in [1.54, 1.807) is 12.1 Å². The number of carboxylic acid groups (broad SMARTS) is 1. The van der Waals surface area contributed by atoms with Crippen LogP contribution in [0.25, 0.3) is 0 Å². The molecule has 3 fully saturated rings. The van der Waals surface area contributed by atoms with Crippen LogP contribution in [0.1, 0.15) is 51.0 Å². The van der Waals surface area contributed by atoms with E-state index in [4.69, 9.17) is 4.74 Å². The van der Waals surface area contributed by atoms with Crippen molar-refractivity contribution in [2.24, 2.45) is 17.3 Å². The van der Waals surface area contributed by atoms with Crippen LogP contribution in [0, 0.1) is 17.3 Å². The average molecular weight is 431 g/mol. The quantitative estimate of drug-likeness (QED) is 0.642. The number of carbonyl (C=O) groups excluding carboxylic acids is 1. The molecule has 1 aromatic rings. The number of benzene rings is 1. The molecule has 5 atom stereocenters. The van der Waals surface area contributed by atoms with Crippen molar-refractivity contribution in [1.82, 2.24) is 10.2 Å². The molecule has 4 rings (SSSR count). The summed E-state index contributed by atoms with van der Waals surface area (Å²) in [5.41, 5.74) is 0.447. The van der Waals surface area contributed by atoms with E-state index in [2.05, 4.69) is 10.2 Å². The van der Waals surface area contributed by atoms with Crippen molar-refractivity contribution in [3.63, 3.8) is 0 Å². The number of carbonyl (C=O) groups is 2. The number of rotatable bonds is 6. The summed E-state index contributed by atoms with van der Waals surface area (Å²) in [5.74, 6) is 0.160. The second-order valence-electron chi connectivity index (χ2n) is 9.66. The number of aromatic hydroxyl groups is 1. The second-order valence-corrected chi connectivity index (χ2v) is 9.66. The summed E-state index contributed by atoms with van der Waals surface area (Å²) in [5, 5.41) is 22.5. The molecule has 170 valence electrons. The third-order valence-electron chi connectivity index (χ3n) is 7.67. The lowest BCUT2D eigenvalue weighted by atomic mass is 9.58. The van der Waals surface area contributed by atoms with Crippen LogP contribution in [0.2, 0.25) is 0 Å². The zero-order valence-corrected chi connectivity index (χ0v) is 18.3. The van der Waals surface area contributed by atoms with Crippen LogP contribution in [-0.4, -0.2) is 58.8 Å². The van der Waals surface area contributed by atoms with Crippen molar-refractivity contribution in [3.05, 3.63) is 29.8 Å². The van der Waals surface area contributed by atoms with Gasteiger partial charge in [0.25, 0.3) is 5.91 Å². The maximum Gasteiger partial charge on any atom is 0.309 e. The van der Waals surface area contributed by atoms with Crippen LogP contribution in [0.3, 0.4) is 0 Å². The van der Waals surface area contributed by atoms with Gasteiger partial charge in [0.1, 0.15) is 11.9 Å². The van der Waals surface area contributed by atoms with Crippen LogP contribution in [0.15, 0.2) is 24.3 Å². The SMILES string of the molecule is CC[C@@]1(C(=O)O)CC2CCC(NC(=O)[C@H]3CN(Cc4ccc(O)cc4)CCO3)C(C2)C1. The van der Waals surface area contributed by atoms with E-state index < -0.39 is 17.5 Å². The van der Waals surface area contributed by atoms with Gasteiger partial charge in [-0.2, -0.15) is 0 Å². The molecule has 31 heavy (non-hydrogen) atoms. The minimum atomic E-state index is -0.683. The van der Waals surface area contributed by atoms with Gasteiger partial charge in [0.15, 0.2) is 0 Å². The summed E-state index contributed by atoms with van der Waals surface area (Å²) < 4.78 is 5.78. The number of aliphatic carboxylic acids is 1. The Morgan fingerprint density at radius 1 is 1.23 bits per heavy atom. The highest BCUT2D eigenvalue weighted by Crippen LogP contribution is 2.50. The molecule has 7 heteroatoms. The first-order valence-corrected chi connectivity index (χ1v) is 11.5. The molecule has 3 N–H and O–H groups in total. The topological polar surface area (TPSA) is 99.1 Å². The number of morpholine rings is 1. The van der Waals surface area contributed by atoms with Gasteiger partial charge in [-0.05, 0) is 68.1 Å². The molecule has 1 aromatic carbocycles. The number of phenolic OH excluding ortho intramolecular Hbond substituents is 1. The minimum Gasteiger partial charge on any atom is -0.508 e. The van der Waals surface area contributed by atoms with Gasteiger partial charge in [0.2, 0.25) is 0 Å². The molecule has 2 bridgehead atoms. The fourth-order valence-corrected chi connectivity index (χ4v) is 5.85. The zero-order chi connectivity index (χ0) is 22.0. The first-order valence-electron chi connectivity index (χ1n) is 11.5. The number of hydrogen-bond donors (Lipinski definition) is 3. The van der Waals surface area contributed by atoms with Crippen LogP contribution in [-0.2, 0) is 20.9 Å². The molecule has 1 amide bonds. The van der Waals surface area contributed by atoms with Gasteiger partial charge in [-0.25, -0.2) is 0 Å². The zero-order valence-electron chi connectivity index (χ0n) is 18.3. The smallest absolute Gasteiger partial charge is 0.309 e. The van der Waals surface area contributed by atoms with Crippen molar-refractivity contribution in [2.75, 3.05) is 19.7 Å². The van der Waals surface area contributed by atoms with Crippen molar-refractivity contribution in [3.8, 4) is 5.75 Å². The Morgan fingerprint density at radius 3 is 2.71 bits per heavy atom. The first kappa shape index (κ1) is 22.1. The van der Waals surface area contributed by atoms with E-state index in [0.29, 0.717) is 38.5 Å². The van der Waals surface area contributed by atoms with E-state index in [9.17, 15) is 19.8 Å². The Hall–Kier alpha value is -2.12. The van der Waals surface area contributed by atoms with Crippen molar-refractivity contribution >= 4 is 11.9 Å². The highest BCUT2D eigenvalue weighted by atomic mass is 16.5. The van der Waals surface area contributed by atoms with Crippen molar-refractivity contribution < 1.29 is 24.5 Å². The van der Waals surface area contributed by atoms with E-state index in [-0.39, 0.29) is 23.6 Å². The lowest BCUT2D eigenvalue weighted by Gasteiger charge is -2.48. The Kier molecular flexibility index (Phi) is 6.53. The summed E-state index contributed by atoms with van der Waals surface area (Å²) in [6, 6.07) is 7.17. The molecular weight excluding hydrogens is 396 g/mol. The predicted molar refractivity (Wildman–Crippen MR) is 115 cm³/mol. The molecular formula is C24H34N2O5. The van der Waals surface area contributed by atoms with Crippen LogP contribution in [0.5, 0.6) is 5.75 Å². The number of nitrogens with one attached hydrogen (secondary N) is 1. The average Bonchev–Trinajstić information content (AvgIpc) is 2.77. The first-order chi connectivity index (χ1) is 14.9. The van der Waals surface area contributed by atoms with Gasteiger partial charge in [0, 0.05) is 25.7 Å². The Balaban J connectivity index is 1.35. The van der Waals surface area contributed by atoms with Gasteiger partial charge in [-0.1, -0.05) is 19.1 Å². The molecule has 2 saturated carbocycles. The summed E-state index contributed by atoms with van der Waals surface area (Å²) in [6.07, 6.45) is 4.47. The van der Waals surface area contributed by atoms with E-state index >= 15 is 0 Å². The summed E-state index contributed by atoms with van der Waals surface area (Å²) in [7, 11) is 0. The number of phenols is 1. The number of ether oxygens (including phenoxy) is 1. The Bertz CT molecular complexity index is 798. The largest absolute Gasteiger partial charge is 0.508 e. The maximum atomic E-state index is 13.0. The van der Waals surface area contributed by atoms with Crippen molar-refractivity contribution in [2.45, 2.75) is 64.1 Å². The minimum absolute atomic E-state index is 0.0328. The Morgan fingerprint density at radius 2 is 2.00 bits per heavy atom. The lowest BCUT2D eigenvalue weighted by Crippen LogP contribution is -2.55. The standard InChI is InChI=1S/C24H34N2O5/c1-2-24(23(29)30)12-17-5-8-20(18(11-17)13-24)25-22(28)21-15-26(9-10-31-21)14-16-3-6-19(27)7-4-16/h3-4,6-7,17-18,20-21,27H,2,5,8-15H2,1H3,(H,25,28)(H,29,30)/t17?,18?,20?,21-,24-/m1/s1. The lowest BCUT2D eigenvalue weighted by molar-refractivity contribution is -0.155. The molecule has 1 saturated heterocycles. The third kappa shape index (κ3) is 4.88. The predicted octanol–water partition coefficient (Wildman–Crippen LogP) is 2.77. The molecule has 1 heterocycles. The molecule has 0 spiro atoms. The summed E-state index contributed by atoms with van der Waals surface area (Å²) in [6.45, 7) is 4.47. The number of fused-ring (bicyclic) bond motifs is 2. The summed E-state index contributed by atoms with van der Waals surface area (Å²) in [4.78, 5) is 27.2. The van der Waals surface area contributed by atoms with E-state index in [1.165, 1.54) is 0 Å². The van der Waals surface area contributed by atoms with Crippen LogP contribution in [0.4, 0.5) is 0 Å². The van der Waals surface area contributed by atoms with E-state index in [0.717, 1.165) is 37.8 Å². The van der Waals surface area contributed by atoms with Gasteiger partial charge in [0.05, 0.1) is 12.0 Å². The molecule has 0 radical (unpaired) electrons. The Labute approximate surface area is 183 Å². The fraction of sp³-hybridized carbons (Fsp3) is 0.667. The van der Waals surface area contributed by atoms with Crippen LogP contribution >= 0.6 is 0 Å². The van der Waals surface area contributed by atoms with Gasteiger partial charge < -0.3 is 20.3 Å². The number of hydrogen-bond acceptors (Lipinski definition) is 5. The van der Waals surface area contributed by atoms with Gasteiger partial charge in [-0.3, -0.25) is 14.5 Å². The number of carboxylic acids is 1. The normalized spacial score (nSPS) is 33.6. The van der Waals surface area contributed by atoms with Crippen LogP contribution < -0.4 is 5.32 Å². The van der Waals surface area contributed by atoms with Gasteiger partial charge >= 0.3 is 5.97 Å². The highest BCUT2D eigenvalue weighted by molar-refractivity contribution is 5.81. The summed E-state index contributed by atoms with van der Waals surface area (Å²) >= 11 is 0. The maximum absolute atomic E-state index is 13.0.